The van der Waals surface area contributed by atoms with Crippen LogP contribution in [0.15, 0.2) is 66.2 Å². The number of anilines is 1. The fourth-order valence-corrected chi connectivity index (χ4v) is 5.14. The number of para-hydroxylation sites is 1. The van der Waals surface area contributed by atoms with Crippen LogP contribution in [0, 0.1) is 0 Å². The summed E-state index contributed by atoms with van der Waals surface area (Å²) in [6.45, 7) is 4.18. The molecule has 2 aromatic heterocycles. The van der Waals surface area contributed by atoms with Crippen LogP contribution >= 0.6 is 36.2 Å². The number of pyridine rings is 1. The second-order valence-corrected chi connectivity index (χ2v) is 8.50. The molecule has 0 N–H and O–H groups in total. The Morgan fingerprint density at radius 2 is 1.71 bits per heavy atom. The van der Waals surface area contributed by atoms with Crippen LogP contribution in [-0.4, -0.2) is 48.4 Å². The second kappa shape index (κ2) is 10.4. The van der Waals surface area contributed by atoms with Crippen molar-refractivity contribution in [3.05, 3.63) is 71.7 Å². The number of ketones is 1. The smallest absolute Gasteiger partial charge is 0.151 e. The van der Waals surface area contributed by atoms with Crippen molar-refractivity contribution in [1.29, 1.82) is 0 Å². The summed E-state index contributed by atoms with van der Waals surface area (Å²) in [6, 6.07) is 18.8. The maximum atomic E-state index is 12.7. The zero-order valence-electron chi connectivity index (χ0n) is 17.1. The van der Waals surface area contributed by atoms with Crippen molar-refractivity contribution >= 4 is 68.6 Å². The molecule has 162 valence electrons. The fourth-order valence-electron chi connectivity index (χ4n) is 4.18. The van der Waals surface area contributed by atoms with Gasteiger partial charge in [-0.2, -0.15) is 0 Å². The van der Waals surface area contributed by atoms with Gasteiger partial charge < -0.3 is 4.90 Å². The van der Waals surface area contributed by atoms with Gasteiger partial charge in [0, 0.05) is 48.9 Å². The molecule has 31 heavy (non-hydrogen) atoms. The normalized spacial score (nSPS) is 14.3. The molecular formula is C24H25Cl2N3OS. The number of rotatable bonds is 5. The third-order valence-corrected chi connectivity index (χ3v) is 6.69. The zero-order valence-corrected chi connectivity index (χ0v) is 19.5. The molecular weight excluding hydrogens is 449 g/mol. The Morgan fingerprint density at radius 3 is 2.55 bits per heavy atom. The molecule has 1 aliphatic heterocycles. The van der Waals surface area contributed by atoms with Gasteiger partial charge in [-0.1, -0.05) is 36.4 Å². The standard InChI is InChI=1S/C24H23N3OS.2ClH/c28-20(15-19-17-29-23-9-2-1-7-21(19)23)16-26-11-13-27(14-12-26)22-8-3-5-18-6-4-10-25-24(18)22;;/h1-10,17H,11-16H2;2*1H. The highest BCUT2D eigenvalue weighted by atomic mass is 35.5. The predicted octanol–water partition coefficient (Wildman–Crippen LogP) is 5.23. The minimum Gasteiger partial charge on any atom is -0.367 e. The molecule has 3 heterocycles. The molecule has 0 unspecified atom stereocenters. The summed E-state index contributed by atoms with van der Waals surface area (Å²) < 4.78 is 1.26. The van der Waals surface area contributed by atoms with Gasteiger partial charge in [0.1, 0.15) is 0 Å². The van der Waals surface area contributed by atoms with E-state index in [1.165, 1.54) is 21.2 Å². The molecule has 5 rings (SSSR count). The van der Waals surface area contributed by atoms with E-state index in [1.807, 2.05) is 18.3 Å². The number of nitrogens with zero attached hydrogens (tertiary/aromatic N) is 3. The first-order chi connectivity index (χ1) is 14.3. The predicted molar refractivity (Wildman–Crippen MR) is 135 cm³/mol. The van der Waals surface area contributed by atoms with Gasteiger partial charge in [-0.3, -0.25) is 14.7 Å². The number of piperazine rings is 1. The zero-order chi connectivity index (χ0) is 19.6. The van der Waals surface area contributed by atoms with Crippen LogP contribution in [0.2, 0.25) is 0 Å². The van der Waals surface area contributed by atoms with Crippen molar-refractivity contribution in [2.45, 2.75) is 6.42 Å². The van der Waals surface area contributed by atoms with E-state index in [2.05, 4.69) is 62.6 Å². The highest BCUT2D eigenvalue weighted by Crippen LogP contribution is 2.27. The Labute approximate surface area is 198 Å². The summed E-state index contributed by atoms with van der Waals surface area (Å²) >= 11 is 1.72. The van der Waals surface area contributed by atoms with Gasteiger partial charge >= 0.3 is 0 Å². The molecule has 0 radical (unpaired) electrons. The summed E-state index contributed by atoms with van der Waals surface area (Å²) in [7, 11) is 0. The van der Waals surface area contributed by atoms with Crippen molar-refractivity contribution < 1.29 is 4.79 Å². The topological polar surface area (TPSA) is 36.4 Å². The average molecular weight is 474 g/mol. The first kappa shape index (κ1) is 23.5. The first-order valence-electron chi connectivity index (χ1n) is 10.1. The van der Waals surface area contributed by atoms with Crippen LogP contribution in [0.25, 0.3) is 21.0 Å². The Kier molecular flexibility index (Phi) is 7.89. The molecule has 1 fully saturated rings. The number of Topliss-reactive ketones (excluding diaryl/α,β-unsaturated/α-hetero) is 1. The summed E-state index contributed by atoms with van der Waals surface area (Å²) in [5, 5.41) is 4.53. The Hall–Kier alpha value is -2.18. The van der Waals surface area contributed by atoms with Crippen molar-refractivity contribution in [3.63, 3.8) is 0 Å². The molecule has 0 amide bonds. The van der Waals surface area contributed by atoms with E-state index >= 15 is 0 Å². The third kappa shape index (κ3) is 5.01. The van der Waals surface area contributed by atoms with Gasteiger partial charge in [0.2, 0.25) is 0 Å². The average Bonchev–Trinajstić information content (AvgIpc) is 3.17. The van der Waals surface area contributed by atoms with E-state index in [0.29, 0.717) is 18.7 Å². The summed E-state index contributed by atoms with van der Waals surface area (Å²) in [4.78, 5) is 21.9. The number of carbonyl (C=O) groups excluding carboxylic acids is 1. The summed E-state index contributed by atoms with van der Waals surface area (Å²) in [5.41, 5.74) is 3.42. The lowest BCUT2D eigenvalue weighted by Crippen LogP contribution is -2.48. The van der Waals surface area contributed by atoms with Crippen LogP contribution in [0.1, 0.15) is 5.56 Å². The van der Waals surface area contributed by atoms with Crippen molar-refractivity contribution in [2.24, 2.45) is 0 Å². The number of carbonyl (C=O) groups is 1. The van der Waals surface area contributed by atoms with E-state index < -0.39 is 0 Å². The van der Waals surface area contributed by atoms with Gasteiger partial charge in [-0.15, -0.1) is 36.2 Å². The largest absolute Gasteiger partial charge is 0.367 e. The van der Waals surface area contributed by atoms with E-state index in [1.54, 1.807) is 11.3 Å². The molecule has 0 bridgehead atoms. The molecule has 1 saturated heterocycles. The van der Waals surface area contributed by atoms with E-state index in [0.717, 1.165) is 37.3 Å². The van der Waals surface area contributed by atoms with Gasteiger partial charge in [-0.25, -0.2) is 0 Å². The highest BCUT2D eigenvalue weighted by molar-refractivity contribution is 7.17. The van der Waals surface area contributed by atoms with E-state index in [-0.39, 0.29) is 24.8 Å². The van der Waals surface area contributed by atoms with Crippen molar-refractivity contribution in [3.8, 4) is 0 Å². The molecule has 7 heteroatoms. The number of hydrogen-bond acceptors (Lipinski definition) is 5. The lowest BCUT2D eigenvalue weighted by atomic mass is 10.1. The minimum absolute atomic E-state index is 0. The second-order valence-electron chi connectivity index (χ2n) is 7.59. The monoisotopic (exact) mass is 473 g/mol. The fraction of sp³-hybridized carbons (Fsp3) is 0.250. The number of hydrogen-bond donors (Lipinski definition) is 0. The van der Waals surface area contributed by atoms with Gasteiger partial charge in [0.25, 0.3) is 0 Å². The first-order valence-corrected chi connectivity index (χ1v) is 10.9. The summed E-state index contributed by atoms with van der Waals surface area (Å²) in [6.07, 6.45) is 2.38. The quantitative estimate of drug-likeness (QED) is 0.397. The molecule has 4 aromatic rings. The molecule has 2 aromatic carbocycles. The maximum absolute atomic E-state index is 12.7. The highest BCUT2D eigenvalue weighted by Gasteiger charge is 2.21. The Balaban J connectivity index is 0.00000136. The number of thiophene rings is 1. The van der Waals surface area contributed by atoms with Crippen molar-refractivity contribution in [1.82, 2.24) is 9.88 Å². The van der Waals surface area contributed by atoms with Crippen LogP contribution in [0.3, 0.4) is 0 Å². The molecule has 1 aliphatic rings. The number of fused-ring (bicyclic) bond motifs is 2. The van der Waals surface area contributed by atoms with Crippen LogP contribution in [0.5, 0.6) is 0 Å². The third-order valence-electron chi connectivity index (χ3n) is 5.67. The molecule has 0 atom stereocenters. The summed E-state index contributed by atoms with van der Waals surface area (Å²) in [5.74, 6) is 0.300. The van der Waals surface area contributed by atoms with Crippen LogP contribution in [0.4, 0.5) is 5.69 Å². The number of benzene rings is 2. The maximum Gasteiger partial charge on any atom is 0.151 e. The Morgan fingerprint density at radius 1 is 0.935 bits per heavy atom. The minimum atomic E-state index is 0. The lowest BCUT2D eigenvalue weighted by molar-refractivity contribution is -0.119. The van der Waals surface area contributed by atoms with Gasteiger partial charge in [0.15, 0.2) is 5.78 Å². The molecule has 4 nitrogen and oxygen atoms in total. The van der Waals surface area contributed by atoms with E-state index in [9.17, 15) is 4.79 Å². The lowest BCUT2D eigenvalue weighted by Gasteiger charge is -2.36. The van der Waals surface area contributed by atoms with Crippen LogP contribution < -0.4 is 4.90 Å². The number of aromatic nitrogens is 1. The Bertz CT molecular complexity index is 1170. The van der Waals surface area contributed by atoms with Crippen molar-refractivity contribution in [2.75, 3.05) is 37.6 Å². The molecule has 0 saturated carbocycles. The van der Waals surface area contributed by atoms with Gasteiger partial charge in [0.05, 0.1) is 17.7 Å². The SMILES string of the molecule is Cl.Cl.O=C(Cc1csc2ccccc12)CN1CCN(c2cccc3cccnc23)CC1. The van der Waals surface area contributed by atoms with E-state index in [4.69, 9.17) is 0 Å². The van der Waals surface area contributed by atoms with Gasteiger partial charge in [-0.05, 0) is 34.5 Å². The molecule has 0 aliphatic carbocycles. The number of halogens is 2. The molecule has 0 spiro atoms. The van der Waals surface area contributed by atoms with Crippen LogP contribution in [-0.2, 0) is 11.2 Å².